The smallest absolute Gasteiger partial charge is 0.348 e. The highest BCUT2D eigenvalue weighted by Crippen LogP contribution is 2.36. The number of hydrogen-bond acceptors (Lipinski definition) is 3. The van der Waals surface area contributed by atoms with Crippen LogP contribution in [-0.2, 0) is 9.53 Å². The summed E-state index contributed by atoms with van der Waals surface area (Å²) < 4.78 is 4.96. The molecule has 1 saturated carbocycles. The maximum absolute atomic E-state index is 11.7. The van der Waals surface area contributed by atoms with Crippen LogP contribution in [0.3, 0.4) is 0 Å². The monoisotopic (exact) mass is 235 g/mol. The van der Waals surface area contributed by atoms with Gasteiger partial charge in [-0.2, -0.15) is 5.26 Å². The minimum Gasteiger partial charge on any atom is -0.462 e. The lowest BCUT2D eigenvalue weighted by molar-refractivity contribution is -0.138. The molecule has 0 spiro atoms. The van der Waals surface area contributed by atoms with Gasteiger partial charge in [-0.15, -0.1) is 0 Å². The molecule has 0 aromatic rings. The molecule has 0 heterocycles. The average molecular weight is 235 g/mol. The van der Waals surface area contributed by atoms with Gasteiger partial charge >= 0.3 is 5.97 Å². The summed E-state index contributed by atoms with van der Waals surface area (Å²) in [5, 5.41) is 9.17. The first-order valence-corrected chi connectivity index (χ1v) is 6.42. The van der Waals surface area contributed by atoms with E-state index in [1.807, 2.05) is 6.07 Å². The summed E-state index contributed by atoms with van der Waals surface area (Å²) in [5.74, 6) is 0.392. The minimum atomic E-state index is -0.447. The molecule has 1 unspecified atom stereocenters. The third kappa shape index (κ3) is 3.33. The standard InChI is InChI=1S/C14H21NO2/c1-4-17-14(16)13(9-15)12-8-6-5-7-11(12)10(2)3/h10-11H,4-8H2,1-3H3. The molecule has 3 heteroatoms. The van der Waals surface area contributed by atoms with Crippen LogP contribution in [0.25, 0.3) is 0 Å². The fourth-order valence-corrected chi connectivity index (χ4v) is 2.54. The van der Waals surface area contributed by atoms with Crippen molar-refractivity contribution in [2.45, 2.75) is 46.5 Å². The molecule has 17 heavy (non-hydrogen) atoms. The van der Waals surface area contributed by atoms with Gasteiger partial charge in [-0.25, -0.2) is 4.79 Å². The summed E-state index contributed by atoms with van der Waals surface area (Å²) in [7, 11) is 0. The molecular formula is C14H21NO2. The maximum Gasteiger partial charge on any atom is 0.348 e. The zero-order valence-electron chi connectivity index (χ0n) is 11.0. The molecule has 94 valence electrons. The first kappa shape index (κ1) is 13.8. The highest BCUT2D eigenvalue weighted by molar-refractivity contribution is 5.93. The van der Waals surface area contributed by atoms with Crippen LogP contribution in [0.5, 0.6) is 0 Å². The van der Waals surface area contributed by atoms with E-state index in [2.05, 4.69) is 13.8 Å². The Morgan fingerprint density at radius 2 is 2.24 bits per heavy atom. The lowest BCUT2D eigenvalue weighted by Gasteiger charge is -2.29. The second-order valence-corrected chi connectivity index (χ2v) is 4.83. The number of allylic oxidation sites excluding steroid dienone is 1. The van der Waals surface area contributed by atoms with Crippen molar-refractivity contribution in [1.82, 2.24) is 0 Å². The summed E-state index contributed by atoms with van der Waals surface area (Å²) in [6, 6.07) is 2.05. The molecule has 0 bridgehead atoms. The lowest BCUT2D eigenvalue weighted by Crippen LogP contribution is -2.20. The molecule has 1 aliphatic carbocycles. The predicted octanol–water partition coefficient (Wildman–Crippen LogP) is 3.22. The second-order valence-electron chi connectivity index (χ2n) is 4.83. The van der Waals surface area contributed by atoms with Gasteiger partial charge in [0, 0.05) is 0 Å². The van der Waals surface area contributed by atoms with Crippen molar-refractivity contribution in [3.05, 3.63) is 11.1 Å². The van der Waals surface area contributed by atoms with Crippen LogP contribution in [-0.4, -0.2) is 12.6 Å². The number of rotatable bonds is 3. The zero-order valence-corrected chi connectivity index (χ0v) is 11.0. The normalized spacial score (nSPS) is 23.1. The Balaban J connectivity index is 3.03. The molecule has 1 rings (SSSR count). The van der Waals surface area contributed by atoms with Crippen molar-refractivity contribution in [2.75, 3.05) is 6.61 Å². The minimum absolute atomic E-state index is 0.255. The Morgan fingerprint density at radius 1 is 1.53 bits per heavy atom. The molecule has 0 amide bonds. The number of nitrogens with zero attached hydrogens (tertiary/aromatic N) is 1. The van der Waals surface area contributed by atoms with Crippen molar-refractivity contribution in [3.63, 3.8) is 0 Å². The van der Waals surface area contributed by atoms with E-state index in [0.29, 0.717) is 18.4 Å². The molecule has 3 nitrogen and oxygen atoms in total. The number of nitriles is 1. The summed E-state index contributed by atoms with van der Waals surface area (Å²) in [6.07, 6.45) is 4.21. The zero-order chi connectivity index (χ0) is 12.8. The van der Waals surface area contributed by atoms with Gasteiger partial charge in [-0.3, -0.25) is 0 Å². The third-order valence-corrected chi connectivity index (χ3v) is 3.38. The van der Waals surface area contributed by atoms with Crippen LogP contribution in [0.2, 0.25) is 0 Å². The maximum atomic E-state index is 11.7. The van der Waals surface area contributed by atoms with E-state index in [4.69, 9.17) is 10.00 Å². The molecular weight excluding hydrogens is 214 g/mol. The lowest BCUT2D eigenvalue weighted by atomic mass is 9.76. The van der Waals surface area contributed by atoms with Crippen LogP contribution < -0.4 is 0 Å². The molecule has 0 N–H and O–H groups in total. The van der Waals surface area contributed by atoms with Crippen LogP contribution in [0, 0.1) is 23.2 Å². The Bertz CT molecular complexity index is 350. The van der Waals surface area contributed by atoms with E-state index in [-0.39, 0.29) is 5.57 Å². The summed E-state index contributed by atoms with van der Waals surface area (Å²) in [5.41, 5.74) is 1.28. The summed E-state index contributed by atoms with van der Waals surface area (Å²) >= 11 is 0. The van der Waals surface area contributed by atoms with Crippen LogP contribution in [0.1, 0.15) is 46.5 Å². The van der Waals surface area contributed by atoms with Crippen LogP contribution in [0.4, 0.5) is 0 Å². The van der Waals surface area contributed by atoms with E-state index >= 15 is 0 Å². The number of carbonyl (C=O) groups is 1. The third-order valence-electron chi connectivity index (χ3n) is 3.38. The van der Waals surface area contributed by atoms with E-state index in [1.165, 1.54) is 6.42 Å². The average Bonchev–Trinajstić information content (AvgIpc) is 2.31. The van der Waals surface area contributed by atoms with E-state index < -0.39 is 5.97 Å². The number of esters is 1. The summed E-state index contributed by atoms with van der Waals surface area (Å²) in [4.78, 5) is 11.7. The van der Waals surface area contributed by atoms with E-state index in [0.717, 1.165) is 24.8 Å². The number of carbonyl (C=O) groups excluding carboxylic acids is 1. The fourth-order valence-electron chi connectivity index (χ4n) is 2.54. The predicted molar refractivity (Wildman–Crippen MR) is 66.1 cm³/mol. The Labute approximate surface area is 103 Å². The molecule has 0 aromatic carbocycles. The van der Waals surface area contributed by atoms with Crippen molar-refractivity contribution < 1.29 is 9.53 Å². The number of hydrogen-bond donors (Lipinski definition) is 0. The van der Waals surface area contributed by atoms with Gasteiger partial charge in [-0.05, 0) is 43.6 Å². The van der Waals surface area contributed by atoms with Crippen LogP contribution in [0.15, 0.2) is 11.1 Å². The molecule has 0 aromatic heterocycles. The SMILES string of the molecule is CCOC(=O)C(C#N)=C1CCCCC1C(C)C. The second kappa shape index (κ2) is 6.44. The Hall–Kier alpha value is -1.30. The quantitative estimate of drug-likeness (QED) is 0.429. The summed E-state index contributed by atoms with van der Waals surface area (Å²) in [6.45, 7) is 6.38. The van der Waals surface area contributed by atoms with Crippen molar-refractivity contribution >= 4 is 5.97 Å². The Morgan fingerprint density at radius 3 is 2.76 bits per heavy atom. The molecule has 1 fully saturated rings. The first-order chi connectivity index (χ1) is 8.11. The first-order valence-electron chi connectivity index (χ1n) is 6.42. The largest absolute Gasteiger partial charge is 0.462 e. The van der Waals surface area contributed by atoms with Gasteiger partial charge < -0.3 is 4.74 Å². The van der Waals surface area contributed by atoms with Gasteiger partial charge in [0.2, 0.25) is 0 Å². The number of ether oxygens (including phenoxy) is 1. The van der Waals surface area contributed by atoms with Crippen LogP contribution >= 0.6 is 0 Å². The van der Waals surface area contributed by atoms with Gasteiger partial charge in [0.25, 0.3) is 0 Å². The molecule has 0 saturated heterocycles. The van der Waals surface area contributed by atoms with Gasteiger partial charge in [0.05, 0.1) is 6.61 Å². The van der Waals surface area contributed by atoms with Crippen molar-refractivity contribution in [1.29, 1.82) is 5.26 Å². The fraction of sp³-hybridized carbons (Fsp3) is 0.714. The Kier molecular flexibility index (Phi) is 5.21. The van der Waals surface area contributed by atoms with Crippen molar-refractivity contribution in [2.24, 2.45) is 11.8 Å². The van der Waals surface area contributed by atoms with E-state index in [9.17, 15) is 4.79 Å². The van der Waals surface area contributed by atoms with Crippen molar-refractivity contribution in [3.8, 4) is 6.07 Å². The topological polar surface area (TPSA) is 50.1 Å². The molecule has 1 atom stereocenters. The van der Waals surface area contributed by atoms with Gasteiger partial charge in [0.15, 0.2) is 0 Å². The highest BCUT2D eigenvalue weighted by atomic mass is 16.5. The highest BCUT2D eigenvalue weighted by Gasteiger charge is 2.27. The molecule has 0 aliphatic heterocycles. The van der Waals surface area contributed by atoms with Gasteiger partial charge in [0.1, 0.15) is 11.6 Å². The molecule has 1 aliphatic rings. The van der Waals surface area contributed by atoms with E-state index in [1.54, 1.807) is 6.92 Å². The molecule has 0 radical (unpaired) electrons. The van der Waals surface area contributed by atoms with Gasteiger partial charge in [-0.1, -0.05) is 20.3 Å².